The Labute approximate surface area is 170 Å². The Morgan fingerprint density at radius 1 is 1.26 bits per heavy atom. The molecule has 7 heteroatoms. The molecular formula is C20H23ClN2O3S. The molecule has 5 nitrogen and oxygen atoms in total. The molecule has 2 rings (SSSR count). The molecule has 0 spiro atoms. The van der Waals surface area contributed by atoms with Crippen molar-refractivity contribution in [2.75, 3.05) is 18.5 Å². The molecule has 0 aliphatic heterocycles. The van der Waals surface area contributed by atoms with Crippen LogP contribution in [0.5, 0.6) is 5.75 Å². The van der Waals surface area contributed by atoms with E-state index in [1.54, 1.807) is 25.1 Å². The van der Waals surface area contributed by atoms with E-state index in [2.05, 4.69) is 10.6 Å². The van der Waals surface area contributed by atoms with E-state index in [4.69, 9.17) is 33.3 Å². The molecule has 2 N–H and O–H groups in total. The van der Waals surface area contributed by atoms with Crippen LogP contribution in [0.2, 0.25) is 5.02 Å². The van der Waals surface area contributed by atoms with E-state index in [-0.39, 0.29) is 12.6 Å². The maximum Gasteiger partial charge on any atom is 0.339 e. The first kappa shape index (κ1) is 21.0. The van der Waals surface area contributed by atoms with Gasteiger partial charge in [-0.2, -0.15) is 0 Å². The second-order valence-corrected chi connectivity index (χ2v) is 6.81. The number of hydrogen-bond acceptors (Lipinski definition) is 4. The molecule has 0 saturated carbocycles. The highest BCUT2D eigenvalue weighted by Crippen LogP contribution is 2.21. The minimum atomic E-state index is -0.468. The molecule has 0 unspecified atom stereocenters. The van der Waals surface area contributed by atoms with E-state index >= 15 is 0 Å². The minimum absolute atomic E-state index is 0.0126. The van der Waals surface area contributed by atoms with Gasteiger partial charge in [-0.25, -0.2) is 4.79 Å². The van der Waals surface area contributed by atoms with Gasteiger partial charge in [-0.1, -0.05) is 29.8 Å². The zero-order chi connectivity index (χ0) is 19.8. The number of hydrogen-bond donors (Lipinski definition) is 2. The van der Waals surface area contributed by atoms with Gasteiger partial charge in [0.05, 0.1) is 23.2 Å². The molecule has 2 aromatic carbocycles. The molecule has 0 aliphatic rings. The standard InChI is InChI=1S/C20H23ClN2O3S/c1-4-25-19(24)16-11-15(9-10-17(16)21)23-20(27)22-14(3)12-26-18-8-6-5-7-13(18)2/h5-11,14H,4,12H2,1-3H3,(H2,22,23,27)/t14-/m1/s1. The fourth-order valence-corrected chi connectivity index (χ4v) is 2.85. The Morgan fingerprint density at radius 2 is 2.00 bits per heavy atom. The summed E-state index contributed by atoms with van der Waals surface area (Å²) in [6.45, 7) is 6.46. The van der Waals surface area contributed by atoms with Crippen LogP contribution in [0.4, 0.5) is 5.69 Å². The van der Waals surface area contributed by atoms with Crippen molar-refractivity contribution >= 4 is 40.6 Å². The average Bonchev–Trinajstić information content (AvgIpc) is 2.62. The van der Waals surface area contributed by atoms with Crippen molar-refractivity contribution in [2.45, 2.75) is 26.8 Å². The number of aryl methyl sites for hydroxylation is 1. The van der Waals surface area contributed by atoms with Crippen molar-refractivity contribution in [1.82, 2.24) is 5.32 Å². The van der Waals surface area contributed by atoms with Crippen LogP contribution in [-0.4, -0.2) is 30.3 Å². The fourth-order valence-electron chi connectivity index (χ4n) is 2.33. The van der Waals surface area contributed by atoms with E-state index in [1.165, 1.54) is 0 Å². The van der Waals surface area contributed by atoms with Crippen LogP contribution in [0.15, 0.2) is 42.5 Å². The van der Waals surface area contributed by atoms with Gasteiger partial charge in [-0.15, -0.1) is 0 Å². The highest BCUT2D eigenvalue weighted by molar-refractivity contribution is 7.80. The third kappa shape index (κ3) is 6.41. The highest BCUT2D eigenvalue weighted by Gasteiger charge is 2.13. The van der Waals surface area contributed by atoms with Crippen LogP contribution in [0.1, 0.15) is 29.8 Å². The van der Waals surface area contributed by atoms with Crippen molar-refractivity contribution in [3.05, 3.63) is 58.6 Å². The largest absolute Gasteiger partial charge is 0.491 e. The highest BCUT2D eigenvalue weighted by atomic mass is 35.5. The third-order valence-electron chi connectivity index (χ3n) is 3.68. The predicted octanol–water partition coefficient (Wildman–Crippen LogP) is 4.58. The number of carbonyl (C=O) groups excluding carboxylic acids is 1. The van der Waals surface area contributed by atoms with Crippen LogP contribution >= 0.6 is 23.8 Å². The van der Waals surface area contributed by atoms with Crippen molar-refractivity contribution in [3.8, 4) is 5.75 Å². The van der Waals surface area contributed by atoms with Crippen LogP contribution < -0.4 is 15.4 Å². The van der Waals surface area contributed by atoms with Gasteiger partial charge < -0.3 is 20.1 Å². The minimum Gasteiger partial charge on any atom is -0.491 e. The molecule has 144 valence electrons. The molecule has 0 amide bonds. The lowest BCUT2D eigenvalue weighted by Gasteiger charge is -2.18. The predicted molar refractivity (Wildman–Crippen MR) is 113 cm³/mol. The van der Waals surface area contributed by atoms with Gasteiger partial charge in [-0.05, 0) is 62.8 Å². The van der Waals surface area contributed by atoms with Crippen LogP contribution in [0.3, 0.4) is 0 Å². The van der Waals surface area contributed by atoms with Crippen molar-refractivity contribution < 1.29 is 14.3 Å². The molecule has 0 fully saturated rings. The first-order chi connectivity index (χ1) is 12.9. The Kier molecular flexibility index (Phi) is 7.88. The lowest BCUT2D eigenvalue weighted by molar-refractivity contribution is 0.0526. The Balaban J connectivity index is 1.90. The molecule has 1 atom stereocenters. The lowest BCUT2D eigenvalue weighted by atomic mass is 10.2. The van der Waals surface area contributed by atoms with E-state index < -0.39 is 5.97 Å². The van der Waals surface area contributed by atoms with Gasteiger partial charge in [0.25, 0.3) is 0 Å². The first-order valence-electron chi connectivity index (χ1n) is 8.63. The number of rotatable bonds is 7. The number of thiocarbonyl (C=S) groups is 1. The molecule has 0 bridgehead atoms. The van der Waals surface area contributed by atoms with E-state index in [1.807, 2.05) is 38.1 Å². The summed E-state index contributed by atoms with van der Waals surface area (Å²) in [5.41, 5.74) is 2.02. The van der Waals surface area contributed by atoms with Crippen LogP contribution in [0, 0.1) is 6.92 Å². The van der Waals surface area contributed by atoms with E-state index in [0.717, 1.165) is 11.3 Å². The smallest absolute Gasteiger partial charge is 0.339 e. The summed E-state index contributed by atoms with van der Waals surface area (Å²) in [5.74, 6) is 0.381. The molecule has 2 aromatic rings. The van der Waals surface area contributed by atoms with E-state index in [0.29, 0.717) is 28.0 Å². The number of para-hydroxylation sites is 1. The average molecular weight is 407 g/mol. The molecular weight excluding hydrogens is 384 g/mol. The number of benzene rings is 2. The molecule has 27 heavy (non-hydrogen) atoms. The SMILES string of the molecule is CCOC(=O)c1cc(NC(=S)N[C@H](C)COc2ccccc2C)ccc1Cl. The zero-order valence-electron chi connectivity index (χ0n) is 15.5. The molecule has 0 heterocycles. The maximum atomic E-state index is 11.9. The summed E-state index contributed by atoms with van der Waals surface area (Å²) < 4.78 is 10.8. The Bertz CT molecular complexity index is 814. The van der Waals surface area contributed by atoms with Crippen LogP contribution in [-0.2, 0) is 4.74 Å². The molecule has 0 saturated heterocycles. The van der Waals surface area contributed by atoms with Crippen molar-refractivity contribution in [3.63, 3.8) is 0 Å². The van der Waals surface area contributed by atoms with Gasteiger partial charge in [0.15, 0.2) is 5.11 Å². The number of carbonyl (C=O) groups is 1. The Morgan fingerprint density at radius 3 is 2.70 bits per heavy atom. The summed E-state index contributed by atoms with van der Waals surface area (Å²) in [6, 6.07) is 12.8. The summed E-state index contributed by atoms with van der Waals surface area (Å²) in [7, 11) is 0. The third-order valence-corrected chi connectivity index (χ3v) is 4.23. The van der Waals surface area contributed by atoms with Gasteiger partial charge in [0, 0.05) is 5.69 Å². The lowest BCUT2D eigenvalue weighted by Crippen LogP contribution is -2.39. The number of anilines is 1. The summed E-state index contributed by atoms with van der Waals surface area (Å²) in [6.07, 6.45) is 0. The second kappa shape index (κ2) is 10.1. The second-order valence-electron chi connectivity index (χ2n) is 5.99. The number of halogens is 1. The first-order valence-corrected chi connectivity index (χ1v) is 9.42. The molecule has 0 radical (unpaired) electrons. The van der Waals surface area contributed by atoms with Gasteiger partial charge >= 0.3 is 5.97 Å². The normalized spacial score (nSPS) is 11.4. The molecule has 0 aromatic heterocycles. The van der Waals surface area contributed by atoms with Crippen molar-refractivity contribution in [1.29, 1.82) is 0 Å². The van der Waals surface area contributed by atoms with Gasteiger partial charge in [0.1, 0.15) is 12.4 Å². The van der Waals surface area contributed by atoms with Crippen molar-refractivity contribution in [2.24, 2.45) is 0 Å². The van der Waals surface area contributed by atoms with Gasteiger partial charge in [-0.3, -0.25) is 0 Å². The van der Waals surface area contributed by atoms with Gasteiger partial charge in [0.2, 0.25) is 0 Å². The fraction of sp³-hybridized carbons (Fsp3) is 0.300. The summed E-state index contributed by atoms with van der Waals surface area (Å²) in [5, 5.41) is 6.95. The maximum absolute atomic E-state index is 11.9. The summed E-state index contributed by atoms with van der Waals surface area (Å²) in [4.78, 5) is 11.9. The topological polar surface area (TPSA) is 59.6 Å². The number of nitrogens with one attached hydrogen (secondary N) is 2. The van der Waals surface area contributed by atoms with E-state index in [9.17, 15) is 4.79 Å². The Hall–Kier alpha value is -2.31. The zero-order valence-corrected chi connectivity index (χ0v) is 17.1. The molecule has 0 aliphatic carbocycles. The number of ether oxygens (including phenoxy) is 2. The quantitative estimate of drug-likeness (QED) is 0.518. The van der Waals surface area contributed by atoms with Crippen LogP contribution in [0.25, 0.3) is 0 Å². The number of esters is 1. The monoisotopic (exact) mass is 406 g/mol. The summed E-state index contributed by atoms with van der Waals surface area (Å²) >= 11 is 11.4.